The molecule has 3 atom stereocenters. The quantitative estimate of drug-likeness (QED) is 0.198. The van der Waals surface area contributed by atoms with Crippen LogP contribution < -0.4 is 0 Å². The SMILES string of the molecule is C=C(CC(CCC(=O)O)C(=O)OCC(CC)CCCC)C(=O)OCC(CC)CCCC. The van der Waals surface area contributed by atoms with Crippen LogP contribution in [0, 0.1) is 17.8 Å². The highest BCUT2D eigenvalue weighted by atomic mass is 16.5. The Morgan fingerprint density at radius 3 is 1.81 bits per heavy atom. The van der Waals surface area contributed by atoms with Gasteiger partial charge in [0.25, 0.3) is 0 Å². The Morgan fingerprint density at radius 2 is 1.35 bits per heavy atom. The van der Waals surface area contributed by atoms with E-state index in [1.165, 1.54) is 0 Å². The molecule has 0 rings (SSSR count). The lowest BCUT2D eigenvalue weighted by Crippen LogP contribution is -2.24. The molecule has 0 spiro atoms. The van der Waals surface area contributed by atoms with Gasteiger partial charge in [-0.2, -0.15) is 0 Å². The van der Waals surface area contributed by atoms with E-state index in [2.05, 4.69) is 34.3 Å². The minimum Gasteiger partial charge on any atom is -0.481 e. The van der Waals surface area contributed by atoms with Crippen molar-refractivity contribution in [3.8, 4) is 0 Å². The molecule has 6 heteroatoms. The molecular formula is C25H44O6. The maximum Gasteiger partial charge on any atom is 0.333 e. The second kappa shape index (κ2) is 17.8. The third kappa shape index (κ3) is 13.9. The third-order valence-corrected chi connectivity index (χ3v) is 5.82. The van der Waals surface area contributed by atoms with Gasteiger partial charge >= 0.3 is 17.9 Å². The highest BCUT2D eigenvalue weighted by Crippen LogP contribution is 2.22. The topological polar surface area (TPSA) is 89.9 Å². The Balaban J connectivity index is 4.81. The van der Waals surface area contributed by atoms with Gasteiger partial charge in [-0.05, 0) is 37.5 Å². The van der Waals surface area contributed by atoms with Crippen molar-refractivity contribution in [2.75, 3.05) is 13.2 Å². The summed E-state index contributed by atoms with van der Waals surface area (Å²) in [5.41, 5.74) is 0.190. The van der Waals surface area contributed by atoms with Crippen LogP contribution in [-0.2, 0) is 23.9 Å². The van der Waals surface area contributed by atoms with E-state index in [0.29, 0.717) is 25.0 Å². The van der Waals surface area contributed by atoms with Crippen LogP contribution >= 0.6 is 0 Å². The Hall–Kier alpha value is -1.85. The number of carbonyl (C=O) groups excluding carboxylic acids is 2. The highest BCUT2D eigenvalue weighted by Gasteiger charge is 2.26. The van der Waals surface area contributed by atoms with Gasteiger partial charge in [-0.25, -0.2) is 4.79 Å². The number of hydrogen-bond acceptors (Lipinski definition) is 5. The molecule has 0 aromatic carbocycles. The number of carboxylic acid groups (broad SMARTS) is 1. The van der Waals surface area contributed by atoms with E-state index in [0.717, 1.165) is 51.4 Å². The second-order valence-electron chi connectivity index (χ2n) is 8.50. The molecule has 0 aliphatic carbocycles. The summed E-state index contributed by atoms with van der Waals surface area (Å²) < 4.78 is 10.9. The molecule has 3 unspecified atom stereocenters. The van der Waals surface area contributed by atoms with Crippen LogP contribution in [0.15, 0.2) is 12.2 Å². The first-order valence-electron chi connectivity index (χ1n) is 12.0. The summed E-state index contributed by atoms with van der Waals surface area (Å²) >= 11 is 0. The zero-order valence-electron chi connectivity index (χ0n) is 20.1. The van der Waals surface area contributed by atoms with Crippen LogP contribution in [0.4, 0.5) is 0 Å². The molecule has 0 heterocycles. The van der Waals surface area contributed by atoms with Gasteiger partial charge in [-0.15, -0.1) is 0 Å². The fourth-order valence-electron chi connectivity index (χ4n) is 3.39. The summed E-state index contributed by atoms with van der Waals surface area (Å²) in [5, 5.41) is 9.02. The molecular weight excluding hydrogens is 396 g/mol. The Labute approximate surface area is 188 Å². The van der Waals surface area contributed by atoms with E-state index < -0.39 is 23.8 Å². The van der Waals surface area contributed by atoms with Crippen LogP contribution in [-0.4, -0.2) is 36.2 Å². The second-order valence-corrected chi connectivity index (χ2v) is 8.50. The van der Waals surface area contributed by atoms with Gasteiger partial charge in [0.1, 0.15) is 0 Å². The molecule has 0 aliphatic rings. The summed E-state index contributed by atoms with van der Waals surface area (Å²) in [5.74, 6) is -2.05. The number of esters is 2. The van der Waals surface area contributed by atoms with Gasteiger partial charge < -0.3 is 14.6 Å². The van der Waals surface area contributed by atoms with E-state index in [4.69, 9.17) is 14.6 Å². The first-order valence-corrected chi connectivity index (χ1v) is 12.0. The predicted molar refractivity (Wildman–Crippen MR) is 123 cm³/mol. The molecule has 0 aromatic heterocycles. The molecule has 0 aliphatic heterocycles. The van der Waals surface area contributed by atoms with Crippen molar-refractivity contribution in [2.45, 2.75) is 98.3 Å². The van der Waals surface area contributed by atoms with Crippen LogP contribution in [0.5, 0.6) is 0 Å². The van der Waals surface area contributed by atoms with Gasteiger partial charge in [0.15, 0.2) is 0 Å². The number of carbonyl (C=O) groups is 3. The number of aliphatic carboxylic acids is 1. The zero-order valence-corrected chi connectivity index (χ0v) is 20.1. The maximum atomic E-state index is 12.6. The van der Waals surface area contributed by atoms with Crippen molar-refractivity contribution >= 4 is 17.9 Å². The number of unbranched alkanes of at least 4 members (excludes halogenated alkanes) is 2. The molecule has 0 fully saturated rings. The van der Waals surface area contributed by atoms with Crippen molar-refractivity contribution in [2.24, 2.45) is 17.8 Å². The van der Waals surface area contributed by atoms with Crippen LogP contribution in [0.2, 0.25) is 0 Å². The first kappa shape index (κ1) is 29.1. The normalized spacial score (nSPS) is 13.8. The lowest BCUT2D eigenvalue weighted by Gasteiger charge is -2.20. The number of hydrogen-bond donors (Lipinski definition) is 1. The average Bonchev–Trinajstić information content (AvgIpc) is 2.76. The van der Waals surface area contributed by atoms with E-state index in [-0.39, 0.29) is 24.8 Å². The van der Waals surface area contributed by atoms with E-state index in [1.54, 1.807) is 0 Å². The van der Waals surface area contributed by atoms with Crippen molar-refractivity contribution in [3.63, 3.8) is 0 Å². The maximum absolute atomic E-state index is 12.6. The van der Waals surface area contributed by atoms with Crippen molar-refractivity contribution < 1.29 is 29.0 Å². The number of rotatable bonds is 19. The van der Waals surface area contributed by atoms with Gasteiger partial charge in [0.05, 0.1) is 19.1 Å². The fourth-order valence-corrected chi connectivity index (χ4v) is 3.39. The van der Waals surface area contributed by atoms with E-state index in [9.17, 15) is 14.4 Å². The number of ether oxygens (including phenoxy) is 2. The average molecular weight is 441 g/mol. The van der Waals surface area contributed by atoms with Crippen molar-refractivity contribution in [3.05, 3.63) is 12.2 Å². The van der Waals surface area contributed by atoms with Crippen LogP contribution in [0.1, 0.15) is 98.3 Å². The summed E-state index contributed by atoms with van der Waals surface area (Å²) in [6.45, 7) is 12.9. The van der Waals surface area contributed by atoms with Crippen LogP contribution in [0.3, 0.4) is 0 Å². The van der Waals surface area contributed by atoms with Gasteiger partial charge in [0.2, 0.25) is 0 Å². The number of carboxylic acids is 1. The highest BCUT2D eigenvalue weighted by molar-refractivity contribution is 5.89. The predicted octanol–water partition coefficient (Wildman–Crippen LogP) is 5.93. The van der Waals surface area contributed by atoms with Gasteiger partial charge in [-0.1, -0.05) is 72.8 Å². The summed E-state index contributed by atoms with van der Waals surface area (Å²) in [6, 6.07) is 0. The largest absolute Gasteiger partial charge is 0.481 e. The molecule has 0 bridgehead atoms. The molecule has 31 heavy (non-hydrogen) atoms. The molecule has 1 N–H and O–H groups in total. The molecule has 6 nitrogen and oxygen atoms in total. The van der Waals surface area contributed by atoms with Gasteiger partial charge in [0, 0.05) is 12.0 Å². The summed E-state index contributed by atoms with van der Waals surface area (Å²) in [4.78, 5) is 36.0. The minimum atomic E-state index is -0.984. The Morgan fingerprint density at radius 1 is 0.839 bits per heavy atom. The van der Waals surface area contributed by atoms with E-state index >= 15 is 0 Å². The smallest absolute Gasteiger partial charge is 0.333 e. The molecule has 180 valence electrons. The van der Waals surface area contributed by atoms with E-state index in [1.807, 2.05) is 0 Å². The summed E-state index contributed by atoms with van der Waals surface area (Å²) in [6.07, 6.45) is 8.23. The molecule has 0 radical (unpaired) electrons. The molecule has 0 aromatic rings. The van der Waals surface area contributed by atoms with Crippen molar-refractivity contribution in [1.82, 2.24) is 0 Å². The minimum absolute atomic E-state index is 0.0580. The third-order valence-electron chi connectivity index (χ3n) is 5.82. The molecule has 0 amide bonds. The van der Waals surface area contributed by atoms with Crippen molar-refractivity contribution in [1.29, 1.82) is 0 Å². The zero-order chi connectivity index (χ0) is 23.6. The lowest BCUT2D eigenvalue weighted by atomic mass is 9.95. The Bertz CT molecular complexity index is 542. The van der Waals surface area contributed by atoms with Crippen LogP contribution in [0.25, 0.3) is 0 Å². The first-order chi connectivity index (χ1) is 14.8. The summed E-state index contributed by atoms with van der Waals surface area (Å²) in [7, 11) is 0. The Kier molecular flexibility index (Phi) is 16.7. The standard InChI is InChI=1S/C25H44O6/c1-6-10-12-20(8-3)17-30-24(28)19(5)16-22(14-15-23(26)27)25(29)31-18-21(9-4)13-11-7-2/h20-22H,5-18H2,1-4H3,(H,26,27). The monoisotopic (exact) mass is 440 g/mol. The van der Waals surface area contributed by atoms with Gasteiger partial charge in [-0.3, -0.25) is 9.59 Å². The fraction of sp³-hybridized carbons (Fsp3) is 0.800. The molecule has 0 saturated carbocycles. The molecule has 0 saturated heterocycles. The lowest BCUT2D eigenvalue weighted by molar-refractivity contribution is -0.150.